The lowest BCUT2D eigenvalue weighted by Crippen LogP contribution is -2.39. The summed E-state index contributed by atoms with van der Waals surface area (Å²) in [5.74, 6) is 0.783. The molecule has 1 heterocycles. The quantitative estimate of drug-likeness (QED) is 0.881. The summed E-state index contributed by atoms with van der Waals surface area (Å²) in [6, 6.07) is 8.73. The number of rotatable bonds is 5. The van der Waals surface area contributed by atoms with Crippen molar-refractivity contribution in [2.24, 2.45) is 5.92 Å². The standard InChI is InChI=1S/C16H22ClNO/c1-16(9-2-10-19-16)11-18-15(12-3-4-12)13-5-7-14(17)8-6-13/h5-8,12,15,18H,2-4,9-11H2,1H3. The number of ether oxygens (including phenoxy) is 1. The summed E-state index contributed by atoms with van der Waals surface area (Å²) >= 11 is 5.97. The van der Waals surface area contributed by atoms with E-state index in [1.807, 2.05) is 12.1 Å². The van der Waals surface area contributed by atoms with Crippen molar-refractivity contribution in [3.63, 3.8) is 0 Å². The Balaban J connectivity index is 1.66. The molecule has 1 aromatic carbocycles. The van der Waals surface area contributed by atoms with Crippen LogP contribution in [0.2, 0.25) is 5.02 Å². The van der Waals surface area contributed by atoms with E-state index in [0.29, 0.717) is 6.04 Å². The van der Waals surface area contributed by atoms with E-state index in [4.69, 9.17) is 16.3 Å². The molecular weight excluding hydrogens is 258 g/mol. The van der Waals surface area contributed by atoms with Gasteiger partial charge in [-0.3, -0.25) is 0 Å². The van der Waals surface area contributed by atoms with Gasteiger partial charge in [0.1, 0.15) is 0 Å². The zero-order valence-electron chi connectivity index (χ0n) is 11.5. The van der Waals surface area contributed by atoms with Crippen LogP contribution in [0, 0.1) is 5.92 Å². The predicted molar refractivity (Wildman–Crippen MR) is 78.5 cm³/mol. The van der Waals surface area contributed by atoms with Gasteiger partial charge in [-0.1, -0.05) is 23.7 Å². The molecule has 104 valence electrons. The third-order valence-electron chi connectivity index (χ3n) is 4.32. The number of hydrogen-bond donors (Lipinski definition) is 1. The molecule has 2 unspecified atom stereocenters. The highest BCUT2D eigenvalue weighted by Crippen LogP contribution is 2.41. The molecule has 1 saturated heterocycles. The van der Waals surface area contributed by atoms with Crippen LogP contribution in [-0.4, -0.2) is 18.8 Å². The van der Waals surface area contributed by atoms with Crippen molar-refractivity contribution in [3.05, 3.63) is 34.9 Å². The Hall–Kier alpha value is -0.570. The van der Waals surface area contributed by atoms with Gasteiger partial charge in [0.05, 0.1) is 5.60 Å². The normalized spacial score (nSPS) is 28.5. The van der Waals surface area contributed by atoms with Crippen LogP contribution in [0.1, 0.15) is 44.2 Å². The highest BCUT2D eigenvalue weighted by Gasteiger charge is 2.35. The second-order valence-electron chi connectivity index (χ2n) is 6.15. The molecular formula is C16H22ClNO. The first-order valence-corrected chi connectivity index (χ1v) is 7.67. The van der Waals surface area contributed by atoms with E-state index < -0.39 is 0 Å². The molecule has 3 rings (SSSR count). The van der Waals surface area contributed by atoms with Crippen LogP contribution in [0.3, 0.4) is 0 Å². The molecule has 3 heteroatoms. The topological polar surface area (TPSA) is 21.3 Å². The molecule has 2 aliphatic rings. The number of hydrogen-bond acceptors (Lipinski definition) is 2. The molecule has 2 fully saturated rings. The Morgan fingerprint density at radius 3 is 2.68 bits per heavy atom. The maximum atomic E-state index is 5.97. The summed E-state index contributed by atoms with van der Waals surface area (Å²) < 4.78 is 5.86. The lowest BCUT2D eigenvalue weighted by molar-refractivity contribution is 0.0181. The molecule has 0 aromatic heterocycles. The smallest absolute Gasteiger partial charge is 0.0779 e. The Bertz CT molecular complexity index is 421. The van der Waals surface area contributed by atoms with Crippen molar-refractivity contribution in [3.8, 4) is 0 Å². The van der Waals surface area contributed by atoms with E-state index in [9.17, 15) is 0 Å². The highest BCUT2D eigenvalue weighted by molar-refractivity contribution is 6.30. The minimum absolute atomic E-state index is 0.0273. The van der Waals surface area contributed by atoms with Crippen LogP contribution in [0.15, 0.2) is 24.3 Å². The van der Waals surface area contributed by atoms with Gasteiger partial charge in [0, 0.05) is 24.2 Å². The minimum atomic E-state index is 0.0273. The summed E-state index contributed by atoms with van der Waals surface area (Å²) in [5.41, 5.74) is 1.38. The van der Waals surface area contributed by atoms with Crippen molar-refractivity contribution in [2.75, 3.05) is 13.2 Å². The van der Waals surface area contributed by atoms with Gasteiger partial charge in [0.15, 0.2) is 0 Å². The van der Waals surface area contributed by atoms with Gasteiger partial charge in [-0.2, -0.15) is 0 Å². The van der Waals surface area contributed by atoms with Crippen LogP contribution in [0.25, 0.3) is 0 Å². The van der Waals surface area contributed by atoms with Crippen molar-refractivity contribution in [1.29, 1.82) is 0 Å². The third kappa shape index (κ3) is 3.31. The summed E-state index contributed by atoms with van der Waals surface area (Å²) in [4.78, 5) is 0. The third-order valence-corrected chi connectivity index (χ3v) is 4.57. The molecule has 1 aliphatic carbocycles. The Kier molecular flexibility index (Phi) is 3.84. The molecule has 0 radical (unpaired) electrons. The van der Waals surface area contributed by atoms with Gasteiger partial charge >= 0.3 is 0 Å². The Morgan fingerprint density at radius 1 is 1.37 bits per heavy atom. The van der Waals surface area contributed by atoms with Crippen molar-refractivity contribution in [2.45, 2.75) is 44.2 Å². The molecule has 0 bridgehead atoms. The predicted octanol–water partition coefficient (Wildman–Crippen LogP) is 3.95. The van der Waals surface area contributed by atoms with Crippen LogP contribution in [0.5, 0.6) is 0 Å². The van der Waals surface area contributed by atoms with E-state index in [-0.39, 0.29) is 5.60 Å². The molecule has 19 heavy (non-hydrogen) atoms. The van der Waals surface area contributed by atoms with Crippen molar-refractivity contribution >= 4 is 11.6 Å². The average molecular weight is 280 g/mol. The fraction of sp³-hybridized carbons (Fsp3) is 0.625. The second kappa shape index (κ2) is 5.43. The second-order valence-corrected chi connectivity index (χ2v) is 6.59. The number of benzene rings is 1. The summed E-state index contributed by atoms with van der Waals surface area (Å²) in [6.45, 7) is 4.07. The monoisotopic (exact) mass is 279 g/mol. The van der Waals surface area contributed by atoms with Crippen LogP contribution in [-0.2, 0) is 4.74 Å². The largest absolute Gasteiger partial charge is 0.374 e. The first-order chi connectivity index (χ1) is 9.16. The van der Waals surface area contributed by atoms with Gasteiger partial charge in [-0.15, -0.1) is 0 Å². The number of nitrogens with one attached hydrogen (secondary N) is 1. The fourth-order valence-electron chi connectivity index (χ4n) is 2.96. The molecule has 0 amide bonds. The fourth-order valence-corrected chi connectivity index (χ4v) is 3.08. The van der Waals surface area contributed by atoms with E-state index in [2.05, 4.69) is 24.4 Å². The average Bonchev–Trinajstić information content (AvgIpc) is 3.14. The van der Waals surface area contributed by atoms with Crippen molar-refractivity contribution in [1.82, 2.24) is 5.32 Å². The zero-order valence-corrected chi connectivity index (χ0v) is 12.2. The molecule has 1 aromatic rings. The van der Waals surface area contributed by atoms with Crippen LogP contribution < -0.4 is 5.32 Å². The number of halogens is 1. The molecule has 1 saturated carbocycles. The van der Waals surface area contributed by atoms with Gasteiger partial charge in [-0.25, -0.2) is 0 Å². The SMILES string of the molecule is CC1(CNC(c2ccc(Cl)cc2)C2CC2)CCCO1. The molecule has 1 N–H and O–H groups in total. The first-order valence-electron chi connectivity index (χ1n) is 7.29. The van der Waals surface area contributed by atoms with Gasteiger partial charge < -0.3 is 10.1 Å². The summed E-state index contributed by atoms with van der Waals surface area (Å²) in [6.07, 6.45) is 5.01. The summed E-state index contributed by atoms with van der Waals surface area (Å²) in [5, 5.41) is 4.54. The molecule has 2 nitrogen and oxygen atoms in total. The maximum absolute atomic E-state index is 5.97. The molecule has 2 atom stereocenters. The van der Waals surface area contributed by atoms with Gasteiger partial charge in [0.2, 0.25) is 0 Å². The zero-order chi connectivity index (χ0) is 13.3. The lowest BCUT2D eigenvalue weighted by atomic mass is 9.99. The van der Waals surface area contributed by atoms with Gasteiger partial charge in [-0.05, 0) is 56.2 Å². The minimum Gasteiger partial charge on any atom is -0.374 e. The van der Waals surface area contributed by atoms with Crippen LogP contribution in [0.4, 0.5) is 0 Å². The van der Waals surface area contributed by atoms with Gasteiger partial charge in [0.25, 0.3) is 0 Å². The van der Waals surface area contributed by atoms with E-state index in [1.165, 1.54) is 24.8 Å². The van der Waals surface area contributed by atoms with E-state index in [0.717, 1.165) is 30.5 Å². The lowest BCUT2D eigenvalue weighted by Gasteiger charge is -2.28. The Labute approximate surface area is 120 Å². The van der Waals surface area contributed by atoms with E-state index >= 15 is 0 Å². The molecule has 0 spiro atoms. The first kappa shape index (κ1) is 13.4. The van der Waals surface area contributed by atoms with E-state index in [1.54, 1.807) is 0 Å². The Morgan fingerprint density at radius 2 is 2.11 bits per heavy atom. The van der Waals surface area contributed by atoms with Crippen LogP contribution >= 0.6 is 11.6 Å². The highest BCUT2D eigenvalue weighted by atomic mass is 35.5. The molecule has 1 aliphatic heterocycles. The summed E-state index contributed by atoms with van der Waals surface area (Å²) in [7, 11) is 0. The van der Waals surface area contributed by atoms with Crippen molar-refractivity contribution < 1.29 is 4.74 Å². The maximum Gasteiger partial charge on any atom is 0.0779 e.